The number of amides is 1. The van der Waals surface area contributed by atoms with Gasteiger partial charge >= 0.3 is 0 Å². The van der Waals surface area contributed by atoms with Gasteiger partial charge in [0.1, 0.15) is 17.1 Å². The molecule has 0 saturated carbocycles. The second-order valence-corrected chi connectivity index (χ2v) is 5.41. The topological polar surface area (TPSA) is 64.1 Å². The molecular weight excluding hydrogens is 314 g/mol. The average Bonchev–Trinajstić information content (AvgIpc) is 2.54. The van der Waals surface area contributed by atoms with Crippen LogP contribution >= 0.6 is 11.6 Å². The SMILES string of the molecule is Cc1ccnc(NC(=O)COc2ccc(Cl)c3cccnc23)c1. The van der Waals surface area contributed by atoms with E-state index in [9.17, 15) is 4.79 Å². The Bertz CT molecular complexity index is 867. The zero-order chi connectivity index (χ0) is 16.2. The molecule has 0 fully saturated rings. The number of benzene rings is 1. The van der Waals surface area contributed by atoms with Gasteiger partial charge in [-0.1, -0.05) is 11.6 Å². The van der Waals surface area contributed by atoms with Gasteiger partial charge in [-0.15, -0.1) is 0 Å². The highest BCUT2D eigenvalue weighted by molar-refractivity contribution is 6.35. The molecule has 116 valence electrons. The molecule has 2 heterocycles. The molecular formula is C17H14ClN3O2. The van der Waals surface area contributed by atoms with Crippen LogP contribution in [0.1, 0.15) is 5.56 Å². The van der Waals surface area contributed by atoms with Crippen LogP contribution in [0.4, 0.5) is 5.82 Å². The lowest BCUT2D eigenvalue weighted by atomic mass is 10.2. The Balaban J connectivity index is 1.71. The minimum Gasteiger partial charge on any atom is -0.481 e. The molecule has 1 aromatic carbocycles. The van der Waals surface area contributed by atoms with Crippen molar-refractivity contribution in [2.75, 3.05) is 11.9 Å². The first-order valence-corrected chi connectivity index (χ1v) is 7.40. The van der Waals surface area contributed by atoms with Gasteiger partial charge in [0, 0.05) is 17.8 Å². The molecule has 0 spiro atoms. The largest absolute Gasteiger partial charge is 0.481 e. The molecule has 3 aromatic rings. The molecule has 3 rings (SSSR count). The number of anilines is 1. The van der Waals surface area contributed by atoms with Crippen molar-refractivity contribution in [3.8, 4) is 5.75 Å². The van der Waals surface area contributed by atoms with Gasteiger partial charge in [-0.2, -0.15) is 0 Å². The number of nitrogens with one attached hydrogen (secondary N) is 1. The number of fused-ring (bicyclic) bond motifs is 1. The van der Waals surface area contributed by atoms with Crippen LogP contribution in [0, 0.1) is 6.92 Å². The number of rotatable bonds is 4. The van der Waals surface area contributed by atoms with Crippen molar-refractivity contribution in [2.24, 2.45) is 0 Å². The van der Waals surface area contributed by atoms with Crippen molar-refractivity contribution >= 4 is 34.2 Å². The summed E-state index contributed by atoms with van der Waals surface area (Å²) in [6.07, 6.45) is 3.30. The Morgan fingerprint density at radius 3 is 2.91 bits per heavy atom. The first kappa shape index (κ1) is 15.2. The van der Waals surface area contributed by atoms with Crippen LogP contribution < -0.4 is 10.1 Å². The maximum atomic E-state index is 12.0. The summed E-state index contributed by atoms with van der Waals surface area (Å²) in [5.74, 6) is 0.720. The lowest BCUT2D eigenvalue weighted by Crippen LogP contribution is -2.20. The van der Waals surface area contributed by atoms with Crippen LogP contribution in [0.25, 0.3) is 10.9 Å². The lowest BCUT2D eigenvalue weighted by molar-refractivity contribution is -0.118. The third-order valence-electron chi connectivity index (χ3n) is 3.22. The molecule has 6 heteroatoms. The monoisotopic (exact) mass is 327 g/mol. The van der Waals surface area contributed by atoms with Gasteiger partial charge in [0.05, 0.1) is 5.02 Å². The Morgan fingerprint density at radius 2 is 2.09 bits per heavy atom. The second-order valence-electron chi connectivity index (χ2n) is 5.00. The summed E-state index contributed by atoms with van der Waals surface area (Å²) >= 11 is 6.13. The molecule has 0 saturated heterocycles. The lowest BCUT2D eigenvalue weighted by Gasteiger charge is -2.10. The number of halogens is 1. The number of aryl methyl sites for hydroxylation is 1. The smallest absolute Gasteiger partial charge is 0.263 e. The van der Waals surface area contributed by atoms with Gasteiger partial charge in [-0.25, -0.2) is 4.98 Å². The fraction of sp³-hybridized carbons (Fsp3) is 0.118. The van der Waals surface area contributed by atoms with Crippen molar-refractivity contribution in [3.05, 3.63) is 59.4 Å². The van der Waals surface area contributed by atoms with E-state index in [1.54, 1.807) is 36.7 Å². The second kappa shape index (κ2) is 6.62. The molecule has 0 unspecified atom stereocenters. The number of carbonyl (C=O) groups is 1. The van der Waals surface area contributed by atoms with E-state index in [1.807, 2.05) is 19.1 Å². The highest BCUT2D eigenvalue weighted by Crippen LogP contribution is 2.29. The number of nitrogens with zero attached hydrogens (tertiary/aromatic N) is 2. The predicted octanol–water partition coefficient (Wildman–Crippen LogP) is 3.61. The Hall–Kier alpha value is -2.66. The fourth-order valence-electron chi connectivity index (χ4n) is 2.16. The third kappa shape index (κ3) is 3.57. The van der Waals surface area contributed by atoms with Gasteiger partial charge in [0.2, 0.25) is 0 Å². The summed E-state index contributed by atoms with van der Waals surface area (Å²) in [5.41, 5.74) is 1.64. The number of pyridine rings is 2. The van der Waals surface area contributed by atoms with E-state index >= 15 is 0 Å². The van der Waals surface area contributed by atoms with Gasteiger partial charge < -0.3 is 10.1 Å². The van der Waals surface area contributed by atoms with Crippen molar-refractivity contribution in [3.63, 3.8) is 0 Å². The minimum atomic E-state index is -0.290. The van der Waals surface area contributed by atoms with Gasteiger partial charge in [0.15, 0.2) is 6.61 Å². The number of hydrogen-bond acceptors (Lipinski definition) is 4. The quantitative estimate of drug-likeness (QED) is 0.795. The van der Waals surface area contributed by atoms with E-state index in [0.717, 1.165) is 10.9 Å². The number of carbonyl (C=O) groups excluding carboxylic acids is 1. The number of ether oxygens (including phenoxy) is 1. The zero-order valence-corrected chi connectivity index (χ0v) is 13.2. The first-order chi connectivity index (χ1) is 11.1. The van der Waals surface area contributed by atoms with Crippen LogP contribution in [-0.2, 0) is 4.79 Å². The van der Waals surface area contributed by atoms with Crippen LogP contribution in [0.15, 0.2) is 48.8 Å². The maximum Gasteiger partial charge on any atom is 0.263 e. The first-order valence-electron chi connectivity index (χ1n) is 7.02. The van der Waals surface area contributed by atoms with Crippen molar-refractivity contribution in [1.29, 1.82) is 0 Å². The molecule has 23 heavy (non-hydrogen) atoms. The van der Waals surface area contributed by atoms with Crippen LogP contribution in [0.5, 0.6) is 5.75 Å². The average molecular weight is 328 g/mol. The van der Waals surface area contributed by atoms with E-state index in [-0.39, 0.29) is 12.5 Å². The standard InChI is InChI=1S/C17H14ClN3O2/c1-11-6-8-19-15(9-11)21-16(22)10-23-14-5-4-13(18)12-3-2-7-20-17(12)14/h2-9H,10H2,1H3,(H,19,21,22). The van der Waals surface area contributed by atoms with Crippen LogP contribution in [0.2, 0.25) is 5.02 Å². The summed E-state index contributed by atoms with van der Waals surface area (Å²) in [6.45, 7) is 1.79. The van der Waals surface area contributed by atoms with E-state index in [0.29, 0.717) is 22.1 Å². The normalized spacial score (nSPS) is 10.5. The Kier molecular flexibility index (Phi) is 4.39. The molecule has 5 nitrogen and oxygen atoms in total. The Labute approximate surface area is 138 Å². The molecule has 2 aromatic heterocycles. The summed E-state index contributed by atoms with van der Waals surface area (Å²) in [7, 11) is 0. The third-order valence-corrected chi connectivity index (χ3v) is 3.55. The van der Waals surface area contributed by atoms with Crippen molar-refractivity contribution in [2.45, 2.75) is 6.92 Å². The molecule has 0 aliphatic rings. The molecule has 0 bridgehead atoms. The molecule has 0 aliphatic carbocycles. The maximum absolute atomic E-state index is 12.0. The summed E-state index contributed by atoms with van der Waals surface area (Å²) < 4.78 is 5.58. The summed E-state index contributed by atoms with van der Waals surface area (Å²) in [6, 6.07) is 10.7. The zero-order valence-electron chi connectivity index (χ0n) is 12.4. The van der Waals surface area contributed by atoms with Gasteiger partial charge in [0.25, 0.3) is 5.91 Å². The van der Waals surface area contributed by atoms with Gasteiger partial charge in [-0.05, 0) is 48.9 Å². The summed E-state index contributed by atoms with van der Waals surface area (Å²) in [4.78, 5) is 20.3. The van der Waals surface area contributed by atoms with Crippen molar-refractivity contribution < 1.29 is 9.53 Å². The van der Waals surface area contributed by atoms with E-state index < -0.39 is 0 Å². The number of hydrogen-bond donors (Lipinski definition) is 1. The van der Waals surface area contributed by atoms with Crippen LogP contribution in [-0.4, -0.2) is 22.5 Å². The predicted molar refractivity (Wildman–Crippen MR) is 89.9 cm³/mol. The molecule has 0 aliphatic heterocycles. The van der Waals surface area contributed by atoms with Crippen molar-refractivity contribution in [1.82, 2.24) is 9.97 Å². The summed E-state index contributed by atoms with van der Waals surface area (Å²) in [5, 5.41) is 4.07. The molecule has 1 N–H and O–H groups in total. The van der Waals surface area contributed by atoms with E-state index in [2.05, 4.69) is 15.3 Å². The Morgan fingerprint density at radius 1 is 1.22 bits per heavy atom. The highest BCUT2D eigenvalue weighted by atomic mass is 35.5. The highest BCUT2D eigenvalue weighted by Gasteiger charge is 2.09. The van der Waals surface area contributed by atoms with E-state index in [1.165, 1.54) is 0 Å². The number of aromatic nitrogens is 2. The van der Waals surface area contributed by atoms with E-state index in [4.69, 9.17) is 16.3 Å². The van der Waals surface area contributed by atoms with Gasteiger partial charge in [-0.3, -0.25) is 9.78 Å². The molecule has 1 amide bonds. The molecule has 0 radical (unpaired) electrons. The van der Waals surface area contributed by atoms with Crippen LogP contribution in [0.3, 0.4) is 0 Å². The fourth-order valence-corrected chi connectivity index (χ4v) is 2.37. The molecule has 0 atom stereocenters. The minimum absolute atomic E-state index is 0.136.